The van der Waals surface area contributed by atoms with E-state index in [2.05, 4.69) is 20.4 Å². The van der Waals surface area contributed by atoms with Crippen LogP contribution in [0.2, 0.25) is 0 Å². The van der Waals surface area contributed by atoms with Crippen molar-refractivity contribution < 1.29 is 42.9 Å². The van der Waals surface area contributed by atoms with Crippen LogP contribution in [0.3, 0.4) is 0 Å². The van der Waals surface area contributed by atoms with Crippen LogP contribution in [-0.2, 0) is 28.2 Å². The molecule has 3 heterocycles. The van der Waals surface area contributed by atoms with Gasteiger partial charge in [-0.05, 0) is 44.7 Å². The normalized spacial score (nSPS) is 33.3. The lowest BCUT2D eigenvalue weighted by molar-refractivity contribution is -0.152. The first-order valence-corrected chi connectivity index (χ1v) is 15.3. The van der Waals surface area contributed by atoms with Gasteiger partial charge in [0.15, 0.2) is 30.1 Å². The van der Waals surface area contributed by atoms with E-state index >= 15 is 0 Å². The highest BCUT2D eigenvalue weighted by Gasteiger charge is 2.57. The van der Waals surface area contributed by atoms with Crippen LogP contribution in [-0.4, -0.2) is 94.4 Å². The van der Waals surface area contributed by atoms with Gasteiger partial charge in [-0.1, -0.05) is 24.6 Å². The zero-order chi connectivity index (χ0) is 30.1. The van der Waals surface area contributed by atoms with E-state index < -0.39 is 68.6 Å². The van der Waals surface area contributed by atoms with Crippen molar-refractivity contribution in [1.29, 1.82) is 0 Å². The van der Waals surface area contributed by atoms with Gasteiger partial charge in [0.05, 0.1) is 6.34 Å². The number of hydrogen-bond acceptors (Lipinski definition) is 14. The number of carbonyl (C=O) groups is 2. The molecule has 4 aliphatic rings. The van der Waals surface area contributed by atoms with Crippen LogP contribution in [0.1, 0.15) is 39.0 Å². The molecule has 42 heavy (non-hydrogen) atoms. The van der Waals surface area contributed by atoms with Gasteiger partial charge >= 0.3 is 13.7 Å². The number of amides is 1. The summed E-state index contributed by atoms with van der Waals surface area (Å²) in [6.07, 6.45) is -0.0705. The summed E-state index contributed by atoms with van der Waals surface area (Å²) in [4.78, 5) is 34.6. The quantitative estimate of drug-likeness (QED) is 0.142. The third-order valence-corrected chi connectivity index (χ3v) is 9.08. The van der Waals surface area contributed by atoms with E-state index in [-0.39, 0.29) is 17.8 Å². The van der Waals surface area contributed by atoms with E-state index in [0.29, 0.717) is 0 Å². The number of esters is 1. The summed E-state index contributed by atoms with van der Waals surface area (Å²) >= 11 is 0. The predicted molar refractivity (Wildman–Crippen MR) is 148 cm³/mol. The molecule has 4 unspecified atom stereocenters. The minimum Gasteiger partial charge on any atom is -0.461 e. The molecule has 1 aromatic carbocycles. The average Bonchev–Trinajstić information content (AvgIpc) is 3.48. The third-order valence-electron chi connectivity index (χ3n) is 7.46. The van der Waals surface area contributed by atoms with Gasteiger partial charge in [-0.15, -0.1) is 0 Å². The Bertz CT molecular complexity index is 1260. The maximum Gasteiger partial charge on any atom is 0.459 e. The number of aliphatic hydroxyl groups excluding tert-OH is 2. The highest BCUT2D eigenvalue weighted by molar-refractivity contribution is 7.52. The van der Waals surface area contributed by atoms with Crippen molar-refractivity contribution in [3.8, 4) is 5.75 Å². The SMILES string of the molecule is CC(NP(=O)(OC[C@@]1(N)O[C@@H](N2C=NC3C(=O)NC(N)=NC32)[C@H](O)[C@@H]1O)Oc1ccccc1)C(=O)OC1CCCCC1. The van der Waals surface area contributed by atoms with Crippen LogP contribution >= 0.6 is 7.75 Å². The summed E-state index contributed by atoms with van der Waals surface area (Å²) in [5.74, 6) is -1.10. The van der Waals surface area contributed by atoms with Gasteiger partial charge in [0, 0.05) is 0 Å². The van der Waals surface area contributed by atoms with Crippen molar-refractivity contribution in [2.75, 3.05) is 6.61 Å². The molecular weight excluding hydrogens is 573 g/mol. The minimum absolute atomic E-state index is 0.145. The first-order chi connectivity index (χ1) is 20.0. The molecule has 0 bridgehead atoms. The molecule has 8 N–H and O–H groups in total. The number of hydrogen-bond donors (Lipinski definition) is 6. The molecule has 17 heteroatoms. The first-order valence-electron chi connectivity index (χ1n) is 13.7. The van der Waals surface area contributed by atoms with Crippen LogP contribution in [0.25, 0.3) is 0 Å². The molecule has 3 aliphatic heterocycles. The van der Waals surface area contributed by atoms with Crippen LogP contribution in [0.5, 0.6) is 5.75 Å². The molecule has 1 aliphatic carbocycles. The lowest BCUT2D eigenvalue weighted by Gasteiger charge is -2.33. The van der Waals surface area contributed by atoms with Crippen LogP contribution in [0.4, 0.5) is 0 Å². The standard InChI is InChI=1S/C25H36N7O9P/c1-14(23(36)39-15-8-4-2-5-9-15)31-42(37,41-16-10-6-3-7-11-16)38-12-25(27)19(34)18(33)22(40-25)32-13-28-17-20(32)29-24(26)30-21(17)35/h3,6-7,10-11,13-15,17-20,22,33-34H,2,4-5,8-9,12,27H2,1H3,(H,31,37)(H3,26,29,30,35)/t14?,17?,18-,19+,20?,22-,25-,42?/m1/s1. The molecule has 1 amide bonds. The highest BCUT2D eigenvalue weighted by Crippen LogP contribution is 2.46. The lowest BCUT2D eigenvalue weighted by atomic mass is 9.98. The Labute approximate surface area is 242 Å². The molecule has 5 rings (SSSR count). The Hall–Kier alpha value is -3.11. The van der Waals surface area contributed by atoms with E-state index in [1.165, 1.54) is 30.3 Å². The Balaban J connectivity index is 1.29. The van der Waals surface area contributed by atoms with Gasteiger partial charge in [0.2, 0.25) is 0 Å². The molecule has 1 saturated heterocycles. The average molecular weight is 610 g/mol. The Kier molecular flexibility index (Phi) is 8.85. The second-order valence-electron chi connectivity index (χ2n) is 10.7. The predicted octanol–water partition coefficient (Wildman–Crippen LogP) is -0.740. The van der Waals surface area contributed by atoms with Crippen molar-refractivity contribution in [1.82, 2.24) is 15.3 Å². The summed E-state index contributed by atoms with van der Waals surface area (Å²) < 4.78 is 36.6. The third kappa shape index (κ3) is 6.44. The van der Waals surface area contributed by atoms with E-state index in [1.54, 1.807) is 18.2 Å². The van der Waals surface area contributed by atoms with Crippen molar-refractivity contribution >= 4 is 31.9 Å². The number of aliphatic imine (C=N–C) groups is 2. The van der Waals surface area contributed by atoms with Crippen LogP contribution in [0, 0.1) is 0 Å². The number of guanidine groups is 1. The Morgan fingerprint density at radius 2 is 2.00 bits per heavy atom. The van der Waals surface area contributed by atoms with Crippen LogP contribution < -0.4 is 26.4 Å². The first kappa shape index (κ1) is 30.4. The number of fused-ring (bicyclic) bond motifs is 1. The molecule has 0 spiro atoms. The maximum atomic E-state index is 13.9. The minimum atomic E-state index is -4.37. The van der Waals surface area contributed by atoms with Gasteiger partial charge in [0.1, 0.15) is 36.7 Å². The Morgan fingerprint density at radius 1 is 1.29 bits per heavy atom. The zero-order valence-electron chi connectivity index (χ0n) is 22.9. The summed E-state index contributed by atoms with van der Waals surface area (Å²) in [5, 5.41) is 26.7. The zero-order valence-corrected chi connectivity index (χ0v) is 23.8. The van der Waals surface area contributed by atoms with E-state index in [4.69, 9.17) is 30.0 Å². The van der Waals surface area contributed by atoms with Gasteiger partial charge in [-0.3, -0.25) is 30.2 Å². The Morgan fingerprint density at radius 3 is 2.71 bits per heavy atom. The van der Waals surface area contributed by atoms with Crippen molar-refractivity contribution in [3.63, 3.8) is 0 Å². The second-order valence-corrected chi connectivity index (χ2v) is 12.4. The van der Waals surface area contributed by atoms with Crippen molar-refractivity contribution in [3.05, 3.63) is 30.3 Å². The number of carbonyl (C=O) groups excluding carboxylic acids is 2. The largest absolute Gasteiger partial charge is 0.461 e. The molecule has 230 valence electrons. The second kappa shape index (κ2) is 12.2. The number of rotatable bonds is 10. The van der Waals surface area contributed by atoms with Crippen molar-refractivity contribution in [2.45, 2.75) is 87.5 Å². The smallest absolute Gasteiger partial charge is 0.459 e. The fraction of sp³-hybridized carbons (Fsp3) is 0.600. The number of nitrogens with one attached hydrogen (secondary N) is 2. The highest BCUT2D eigenvalue weighted by atomic mass is 31.2. The molecule has 8 atom stereocenters. The number of nitrogens with zero attached hydrogens (tertiary/aromatic N) is 3. The maximum absolute atomic E-state index is 13.9. The fourth-order valence-electron chi connectivity index (χ4n) is 5.19. The van der Waals surface area contributed by atoms with E-state index in [1.807, 2.05) is 0 Å². The molecular formula is C25H36N7O9P. The van der Waals surface area contributed by atoms with Gasteiger partial charge < -0.3 is 34.8 Å². The lowest BCUT2D eigenvalue weighted by Crippen LogP contribution is -2.57. The number of ether oxygens (including phenoxy) is 2. The van der Waals surface area contributed by atoms with Crippen LogP contribution in [0.15, 0.2) is 40.3 Å². The summed E-state index contributed by atoms with van der Waals surface area (Å²) in [6, 6.07) is 6.07. The number of benzene rings is 1. The number of para-hydroxylation sites is 1. The molecule has 1 saturated carbocycles. The number of nitrogens with two attached hydrogens (primary N) is 2. The molecule has 16 nitrogen and oxygen atoms in total. The van der Waals surface area contributed by atoms with Crippen molar-refractivity contribution in [2.24, 2.45) is 21.5 Å². The fourth-order valence-corrected chi connectivity index (χ4v) is 6.72. The molecule has 0 radical (unpaired) electrons. The van der Waals surface area contributed by atoms with Gasteiger partial charge in [-0.2, -0.15) is 5.09 Å². The summed E-state index contributed by atoms with van der Waals surface area (Å²) in [5.41, 5.74) is 9.90. The summed E-state index contributed by atoms with van der Waals surface area (Å²) in [6.45, 7) is 0.721. The van der Waals surface area contributed by atoms with Gasteiger partial charge in [0.25, 0.3) is 5.91 Å². The molecule has 0 aromatic heterocycles. The van der Waals surface area contributed by atoms with Gasteiger partial charge in [-0.25, -0.2) is 9.56 Å². The summed E-state index contributed by atoms with van der Waals surface area (Å²) in [7, 11) is -4.37. The molecule has 2 fully saturated rings. The number of aliphatic hydroxyl groups is 2. The van der Waals surface area contributed by atoms with E-state index in [9.17, 15) is 24.4 Å². The topological polar surface area (TPSA) is 233 Å². The van der Waals surface area contributed by atoms with E-state index in [0.717, 1.165) is 32.1 Å². The molecule has 1 aromatic rings. The monoisotopic (exact) mass is 609 g/mol.